The maximum absolute atomic E-state index is 11.7. The van der Waals surface area contributed by atoms with Gasteiger partial charge in [0, 0.05) is 44.0 Å². The number of aromatic nitrogens is 4. The number of imidazole rings is 1. The molecule has 1 fully saturated rings. The van der Waals surface area contributed by atoms with Crippen LogP contribution in [0.2, 0.25) is 0 Å². The Kier molecular flexibility index (Phi) is 3.96. The number of piperidine rings is 1. The number of carbonyl (C=O) groups excluding carboxylic acids is 1. The van der Waals surface area contributed by atoms with Crippen molar-refractivity contribution in [3.63, 3.8) is 0 Å². The zero-order valence-electron chi connectivity index (χ0n) is 16.0. The van der Waals surface area contributed by atoms with Gasteiger partial charge in [-0.2, -0.15) is 0 Å². The highest BCUT2D eigenvalue weighted by atomic mass is 16.2. The van der Waals surface area contributed by atoms with Crippen LogP contribution < -0.4 is 5.73 Å². The summed E-state index contributed by atoms with van der Waals surface area (Å²) in [5, 5.41) is 0. The molecular formula is C21H24N6O. The zero-order chi connectivity index (χ0) is 19.3. The summed E-state index contributed by atoms with van der Waals surface area (Å²) in [4.78, 5) is 26.4. The van der Waals surface area contributed by atoms with Gasteiger partial charge in [0.25, 0.3) is 0 Å². The minimum atomic E-state index is 0.144. The summed E-state index contributed by atoms with van der Waals surface area (Å²) in [7, 11) is 0. The van der Waals surface area contributed by atoms with Crippen molar-refractivity contribution in [2.75, 3.05) is 18.8 Å². The molecule has 0 spiro atoms. The van der Waals surface area contributed by atoms with Crippen LogP contribution in [0.5, 0.6) is 0 Å². The Morgan fingerprint density at radius 1 is 1.32 bits per heavy atom. The van der Waals surface area contributed by atoms with E-state index in [0.717, 1.165) is 67.2 Å². The number of amides is 1. The summed E-state index contributed by atoms with van der Waals surface area (Å²) in [5.74, 6) is 1.93. The van der Waals surface area contributed by atoms with Crippen molar-refractivity contribution < 1.29 is 4.79 Å². The normalized spacial score (nSPS) is 17.2. The van der Waals surface area contributed by atoms with Crippen LogP contribution in [0, 0.1) is 0 Å². The Bertz CT molecular complexity index is 1080. The van der Waals surface area contributed by atoms with Crippen molar-refractivity contribution in [3.8, 4) is 11.4 Å². The van der Waals surface area contributed by atoms with Crippen LogP contribution in [0.15, 0.2) is 24.5 Å². The molecule has 7 heteroatoms. The number of likely N-dealkylation sites (tertiary alicyclic amines) is 1. The predicted molar refractivity (Wildman–Crippen MR) is 109 cm³/mol. The first-order chi connectivity index (χ1) is 13.6. The molecular weight excluding hydrogens is 352 g/mol. The number of hydrogen-bond acceptors (Lipinski definition) is 4. The van der Waals surface area contributed by atoms with Gasteiger partial charge < -0.3 is 15.6 Å². The summed E-state index contributed by atoms with van der Waals surface area (Å²) in [6.45, 7) is 3.18. The molecule has 1 saturated heterocycles. The third kappa shape index (κ3) is 2.69. The molecule has 3 aromatic heterocycles. The molecule has 144 valence electrons. The molecule has 3 aromatic rings. The Morgan fingerprint density at radius 3 is 2.89 bits per heavy atom. The van der Waals surface area contributed by atoms with Gasteiger partial charge >= 0.3 is 0 Å². The van der Waals surface area contributed by atoms with Gasteiger partial charge in [0.2, 0.25) is 5.91 Å². The summed E-state index contributed by atoms with van der Waals surface area (Å²) in [5.41, 5.74) is 11.4. The van der Waals surface area contributed by atoms with Crippen LogP contribution in [-0.4, -0.2) is 43.2 Å². The molecule has 4 heterocycles. The van der Waals surface area contributed by atoms with E-state index >= 15 is 0 Å². The Morgan fingerprint density at radius 2 is 2.14 bits per heavy atom. The molecule has 0 atom stereocenters. The SMILES string of the molecule is CC(=O)N1CCC(c2nc(-c3cc4c([nH]3)C=CCC4)c3c(N)nccn23)CC1. The van der Waals surface area contributed by atoms with Crippen LogP contribution >= 0.6 is 0 Å². The van der Waals surface area contributed by atoms with Gasteiger partial charge in [0.05, 0.1) is 5.69 Å². The second-order valence-electron chi connectivity index (χ2n) is 7.69. The number of allylic oxidation sites excluding steroid dienone is 1. The fraction of sp³-hybridized carbons (Fsp3) is 0.381. The Balaban J connectivity index is 1.59. The Hall–Kier alpha value is -3.09. The van der Waals surface area contributed by atoms with Crippen molar-refractivity contribution in [3.05, 3.63) is 41.6 Å². The molecule has 0 saturated carbocycles. The summed E-state index contributed by atoms with van der Waals surface area (Å²) in [6.07, 6.45) is 11.9. The first-order valence-electron chi connectivity index (χ1n) is 9.88. The molecule has 3 N–H and O–H groups in total. The van der Waals surface area contributed by atoms with Crippen LogP contribution in [0.25, 0.3) is 23.0 Å². The number of nitrogen functional groups attached to an aromatic ring is 1. The lowest BCUT2D eigenvalue weighted by Gasteiger charge is -2.30. The summed E-state index contributed by atoms with van der Waals surface area (Å²) >= 11 is 0. The number of fused-ring (bicyclic) bond motifs is 2. The van der Waals surface area contributed by atoms with E-state index in [1.807, 2.05) is 11.1 Å². The first kappa shape index (κ1) is 17.0. The van der Waals surface area contributed by atoms with Gasteiger partial charge in [0.1, 0.15) is 22.9 Å². The molecule has 0 unspecified atom stereocenters. The van der Waals surface area contributed by atoms with Crippen LogP contribution in [0.1, 0.15) is 49.2 Å². The number of aryl methyl sites for hydroxylation is 1. The summed E-state index contributed by atoms with van der Waals surface area (Å²) < 4.78 is 2.08. The molecule has 1 aliphatic heterocycles. The van der Waals surface area contributed by atoms with Gasteiger partial charge in [-0.15, -0.1) is 0 Å². The number of aromatic amines is 1. The van der Waals surface area contributed by atoms with E-state index in [0.29, 0.717) is 11.7 Å². The van der Waals surface area contributed by atoms with E-state index in [-0.39, 0.29) is 5.91 Å². The molecule has 28 heavy (non-hydrogen) atoms. The lowest BCUT2D eigenvalue weighted by molar-refractivity contribution is -0.129. The highest BCUT2D eigenvalue weighted by molar-refractivity contribution is 5.85. The number of nitrogens with zero attached hydrogens (tertiary/aromatic N) is 4. The van der Waals surface area contributed by atoms with Crippen molar-refractivity contribution >= 4 is 23.3 Å². The van der Waals surface area contributed by atoms with Crippen molar-refractivity contribution in [1.82, 2.24) is 24.3 Å². The quantitative estimate of drug-likeness (QED) is 0.719. The van der Waals surface area contributed by atoms with Crippen LogP contribution in [-0.2, 0) is 11.2 Å². The lowest BCUT2D eigenvalue weighted by atomic mass is 9.96. The first-order valence-corrected chi connectivity index (χ1v) is 9.88. The van der Waals surface area contributed by atoms with Gasteiger partial charge in [-0.1, -0.05) is 6.08 Å². The van der Waals surface area contributed by atoms with Gasteiger partial charge in [-0.25, -0.2) is 9.97 Å². The minimum Gasteiger partial charge on any atom is -0.382 e. The minimum absolute atomic E-state index is 0.144. The standard InChI is InChI=1S/C21H24N6O/c1-13(28)26-9-6-14(7-10-26)21-25-18(19-20(22)23-8-11-27(19)21)17-12-15-4-2-3-5-16(15)24-17/h3,5,8,11-12,14,24H,2,4,6-7,9-10H2,1H3,(H2,22,23). The molecule has 0 radical (unpaired) electrons. The number of hydrogen-bond donors (Lipinski definition) is 2. The van der Waals surface area contributed by atoms with E-state index < -0.39 is 0 Å². The predicted octanol–water partition coefficient (Wildman–Crippen LogP) is 2.99. The van der Waals surface area contributed by atoms with Gasteiger partial charge in [0.15, 0.2) is 0 Å². The molecule has 2 aliphatic rings. The maximum atomic E-state index is 11.7. The molecule has 7 nitrogen and oxygen atoms in total. The highest BCUT2D eigenvalue weighted by Gasteiger charge is 2.28. The summed E-state index contributed by atoms with van der Waals surface area (Å²) in [6, 6.07) is 2.19. The largest absolute Gasteiger partial charge is 0.382 e. The van der Waals surface area contributed by atoms with Gasteiger partial charge in [-0.05, 0) is 43.4 Å². The second-order valence-corrected chi connectivity index (χ2v) is 7.69. The number of nitrogens with one attached hydrogen (secondary N) is 1. The molecule has 5 rings (SSSR count). The Labute approximate surface area is 163 Å². The van der Waals surface area contributed by atoms with Crippen LogP contribution in [0.3, 0.4) is 0 Å². The lowest BCUT2D eigenvalue weighted by Crippen LogP contribution is -2.36. The van der Waals surface area contributed by atoms with Crippen molar-refractivity contribution in [1.29, 1.82) is 0 Å². The molecule has 1 aliphatic carbocycles. The van der Waals surface area contributed by atoms with Crippen LogP contribution in [0.4, 0.5) is 5.82 Å². The number of rotatable bonds is 2. The fourth-order valence-corrected chi connectivity index (χ4v) is 4.45. The number of H-pyrrole nitrogens is 1. The molecule has 1 amide bonds. The average molecular weight is 376 g/mol. The fourth-order valence-electron chi connectivity index (χ4n) is 4.45. The molecule has 0 bridgehead atoms. The third-order valence-corrected chi connectivity index (χ3v) is 5.97. The average Bonchev–Trinajstić information content (AvgIpc) is 3.30. The maximum Gasteiger partial charge on any atom is 0.219 e. The number of carbonyl (C=O) groups is 1. The topological polar surface area (TPSA) is 92.3 Å². The van der Waals surface area contributed by atoms with E-state index in [1.54, 1.807) is 13.1 Å². The second kappa shape index (κ2) is 6.51. The van der Waals surface area contributed by atoms with Crippen molar-refractivity contribution in [2.45, 2.75) is 38.5 Å². The third-order valence-electron chi connectivity index (χ3n) is 5.97. The smallest absolute Gasteiger partial charge is 0.219 e. The zero-order valence-corrected chi connectivity index (χ0v) is 16.0. The van der Waals surface area contributed by atoms with E-state index in [9.17, 15) is 4.79 Å². The van der Waals surface area contributed by atoms with E-state index in [1.165, 1.54) is 5.56 Å². The number of nitrogens with two attached hydrogens (primary N) is 1. The van der Waals surface area contributed by atoms with Crippen molar-refractivity contribution in [2.24, 2.45) is 0 Å². The molecule has 0 aromatic carbocycles. The van der Waals surface area contributed by atoms with Gasteiger partial charge in [-0.3, -0.25) is 9.20 Å². The monoisotopic (exact) mass is 376 g/mol. The number of anilines is 1. The highest BCUT2D eigenvalue weighted by Crippen LogP contribution is 2.35. The van der Waals surface area contributed by atoms with E-state index in [4.69, 9.17) is 10.7 Å². The van der Waals surface area contributed by atoms with E-state index in [2.05, 4.69) is 32.6 Å².